The molecule has 50 heavy (non-hydrogen) atoms. The van der Waals surface area contributed by atoms with Crippen LogP contribution in [0.15, 0.2) is 84.9 Å². The van der Waals surface area contributed by atoms with Crippen molar-refractivity contribution in [2.75, 3.05) is 20.6 Å². The summed E-state index contributed by atoms with van der Waals surface area (Å²) >= 11 is 0. The minimum Gasteiger partial charge on any atom is -0.444 e. The van der Waals surface area contributed by atoms with Crippen LogP contribution in [0.5, 0.6) is 0 Å². The molecule has 4 amide bonds. The van der Waals surface area contributed by atoms with Gasteiger partial charge in [0.2, 0.25) is 17.7 Å². The van der Waals surface area contributed by atoms with E-state index >= 15 is 0 Å². The normalized spacial score (nSPS) is 13.4. The predicted molar refractivity (Wildman–Crippen MR) is 187 cm³/mol. The van der Waals surface area contributed by atoms with Crippen molar-refractivity contribution in [3.05, 3.63) is 96.1 Å². The van der Waals surface area contributed by atoms with Crippen LogP contribution in [0.25, 0.3) is 10.8 Å². The summed E-state index contributed by atoms with van der Waals surface area (Å²) in [6.07, 6.45) is -2.09. The zero-order chi connectivity index (χ0) is 37.3. The van der Waals surface area contributed by atoms with E-state index in [4.69, 9.17) is 4.74 Å². The van der Waals surface area contributed by atoms with Gasteiger partial charge in [0.1, 0.15) is 24.2 Å². The molecule has 3 rings (SSSR count). The van der Waals surface area contributed by atoms with E-state index in [2.05, 4.69) is 5.32 Å². The molecule has 0 saturated heterocycles. The van der Waals surface area contributed by atoms with Gasteiger partial charge in [-0.15, -0.1) is 0 Å². The van der Waals surface area contributed by atoms with Crippen LogP contribution in [0.1, 0.15) is 52.2 Å². The summed E-state index contributed by atoms with van der Waals surface area (Å²) in [6.45, 7) is 7.24. The van der Waals surface area contributed by atoms with Crippen molar-refractivity contribution in [2.45, 2.75) is 83.3 Å². The topological polar surface area (TPSA) is 108 Å². The molecule has 3 aromatic rings. The molecular formula is C38H47F3N4O5. The highest BCUT2D eigenvalue weighted by Gasteiger charge is 2.36. The summed E-state index contributed by atoms with van der Waals surface area (Å²) in [4.78, 5) is 55.8. The maximum absolute atomic E-state index is 14.3. The molecule has 3 aromatic carbocycles. The molecule has 2 unspecified atom stereocenters. The number of likely N-dealkylation sites (N-methyl/N-ethyl adjacent to an activating group) is 2. The van der Waals surface area contributed by atoms with Crippen LogP contribution in [0.3, 0.4) is 0 Å². The summed E-state index contributed by atoms with van der Waals surface area (Å²) < 4.78 is 44.5. The summed E-state index contributed by atoms with van der Waals surface area (Å²) in [5.74, 6) is -2.12. The fraction of sp³-hybridized carbons (Fsp3) is 0.421. The number of amides is 4. The fourth-order valence-corrected chi connectivity index (χ4v) is 5.27. The first-order valence-corrected chi connectivity index (χ1v) is 16.3. The number of hydrogen-bond donors (Lipinski definition) is 2. The Kier molecular flexibility index (Phi) is 13.2. The largest absolute Gasteiger partial charge is 0.444 e. The van der Waals surface area contributed by atoms with E-state index in [0.717, 1.165) is 21.2 Å². The molecule has 0 heterocycles. The van der Waals surface area contributed by atoms with Gasteiger partial charge in [0.15, 0.2) is 0 Å². The third-order valence-electron chi connectivity index (χ3n) is 7.92. The van der Waals surface area contributed by atoms with Gasteiger partial charge in [0.25, 0.3) is 0 Å². The number of halogens is 3. The second-order valence-electron chi connectivity index (χ2n) is 14.0. The molecule has 0 radical (unpaired) electrons. The second-order valence-corrected chi connectivity index (χ2v) is 14.0. The summed E-state index contributed by atoms with van der Waals surface area (Å²) in [5, 5.41) is 6.60. The van der Waals surface area contributed by atoms with E-state index in [1.54, 1.807) is 71.0 Å². The Morgan fingerprint density at radius 2 is 1.38 bits per heavy atom. The molecule has 0 saturated carbocycles. The molecule has 2 N–H and O–H groups in total. The molecule has 270 valence electrons. The number of benzene rings is 3. The maximum atomic E-state index is 14.3. The van der Waals surface area contributed by atoms with Crippen molar-refractivity contribution in [3.63, 3.8) is 0 Å². The Morgan fingerprint density at radius 3 is 2.00 bits per heavy atom. The number of rotatable bonds is 13. The number of carbonyl (C=O) groups excluding carboxylic acids is 4. The number of fused-ring (bicyclic) bond motifs is 1. The van der Waals surface area contributed by atoms with Crippen LogP contribution in [-0.2, 0) is 32.0 Å². The number of alkyl carbamates (subject to hydrolysis) is 1. The predicted octanol–water partition coefficient (Wildman–Crippen LogP) is 6.21. The molecule has 0 aliphatic rings. The zero-order valence-electron chi connectivity index (χ0n) is 29.6. The van der Waals surface area contributed by atoms with Crippen molar-refractivity contribution < 1.29 is 37.1 Å². The third-order valence-corrected chi connectivity index (χ3v) is 7.92. The van der Waals surface area contributed by atoms with Crippen molar-refractivity contribution in [3.8, 4) is 0 Å². The van der Waals surface area contributed by atoms with Crippen molar-refractivity contribution in [1.29, 1.82) is 0 Å². The van der Waals surface area contributed by atoms with Crippen molar-refractivity contribution >= 4 is 34.6 Å². The quantitative estimate of drug-likeness (QED) is 0.207. The average molecular weight is 697 g/mol. The van der Waals surface area contributed by atoms with E-state index in [9.17, 15) is 32.3 Å². The molecule has 0 fully saturated rings. The average Bonchev–Trinajstić information content (AvgIpc) is 3.02. The Bertz CT molecular complexity index is 1670. The molecule has 0 aliphatic heterocycles. The standard InChI is InChI=1S/C38H47F3N4O5/c1-36(2,3)50-35(49)43-37(4,5)21-13-18-32(46)44(6)31(24-27-19-20-28-16-11-12-17-29(28)22-27)34(48)45(7)30(23-26-14-9-8-10-15-26)33(47)42-25-38(39,40)41/h8-20,22,30-31H,21,23-25H2,1-7H3,(H,42,47)(H,43,49)/b18-13+. The van der Waals surface area contributed by atoms with Crippen molar-refractivity contribution in [1.82, 2.24) is 20.4 Å². The van der Waals surface area contributed by atoms with E-state index < -0.39 is 59.8 Å². The monoisotopic (exact) mass is 696 g/mol. The number of hydrogen-bond acceptors (Lipinski definition) is 5. The number of carbonyl (C=O) groups is 4. The van der Waals surface area contributed by atoms with E-state index in [-0.39, 0.29) is 19.3 Å². The summed E-state index contributed by atoms with van der Waals surface area (Å²) in [5.41, 5.74) is -0.0801. The van der Waals surface area contributed by atoms with E-state index in [1.807, 2.05) is 47.8 Å². The highest BCUT2D eigenvalue weighted by molar-refractivity contribution is 5.95. The summed E-state index contributed by atoms with van der Waals surface area (Å²) in [6, 6.07) is 19.6. The Balaban J connectivity index is 1.91. The number of nitrogens with one attached hydrogen (secondary N) is 2. The minimum atomic E-state index is -4.65. The lowest BCUT2D eigenvalue weighted by Crippen LogP contribution is -2.56. The second kappa shape index (κ2) is 16.7. The van der Waals surface area contributed by atoms with Gasteiger partial charge in [-0.2, -0.15) is 13.2 Å². The first kappa shape index (κ1) is 39.6. The third kappa shape index (κ3) is 12.5. The number of nitrogens with zero attached hydrogens (tertiary/aromatic N) is 2. The molecule has 12 heteroatoms. The molecule has 0 aliphatic carbocycles. The fourth-order valence-electron chi connectivity index (χ4n) is 5.27. The Hall–Kier alpha value is -4.87. The van der Waals surface area contributed by atoms with Crippen LogP contribution in [-0.4, -0.2) is 83.7 Å². The molecule has 0 bridgehead atoms. The van der Waals surface area contributed by atoms with Gasteiger partial charge in [-0.05, 0) is 69.0 Å². The lowest BCUT2D eigenvalue weighted by Gasteiger charge is -2.34. The van der Waals surface area contributed by atoms with Crippen LogP contribution in [0, 0.1) is 0 Å². The highest BCUT2D eigenvalue weighted by Crippen LogP contribution is 2.21. The van der Waals surface area contributed by atoms with E-state index in [0.29, 0.717) is 5.56 Å². The molecular weight excluding hydrogens is 649 g/mol. The SMILES string of the molecule is CN(C(=O)/C=C/CC(C)(C)NC(=O)OC(C)(C)C)C(Cc1ccc2ccccc2c1)C(=O)N(C)C(Cc1ccccc1)C(=O)NCC(F)(F)F. The molecule has 0 aromatic heterocycles. The lowest BCUT2D eigenvalue weighted by atomic mass is 9.98. The smallest absolute Gasteiger partial charge is 0.408 e. The highest BCUT2D eigenvalue weighted by atomic mass is 19.4. The van der Waals surface area contributed by atoms with Crippen LogP contribution in [0.2, 0.25) is 0 Å². The van der Waals surface area contributed by atoms with Gasteiger partial charge < -0.3 is 25.2 Å². The summed E-state index contributed by atoms with van der Waals surface area (Å²) in [7, 11) is 2.82. The zero-order valence-corrected chi connectivity index (χ0v) is 29.6. The molecule has 0 spiro atoms. The lowest BCUT2D eigenvalue weighted by molar-refractivity contribution is -0.149. The van der Waals surface area contributed by atoms with Gasteiger partial charge in [-0.1, -0.05) is 78.9 Å². The van der Waals surface area contributed by atoms with Gasteiger partial charge >= 0.3 is 12.3 Å². The van der Waals surface area contributed by atoms with Crippen molar-refractivity contribution in [2.24, 2.45) is 0 Å². The molecule has 2 atom stereocenters. The number of alkyl halides is 3. The first-order valence-electron chi connectivity index (χ1n) is 16.3. The van der Waals surface area contributed by atoms with Gasteiger partial charge in [-0.25, -0.2) is 4.79 Å². The van der Waals surface area contributed by atoms with Gasteiger partial charge in [-0.3, -0.25) is 14.4 Å². The van der Waals surface area contributed by atoms with Crippen LogP contribution < -0.4 is 10.6 Å². The Labute approximate surface area is 291 Å². The maximum Gasteiger partial charge on any atom is 0.408 e. The van der Waals surface area contributed by atoms with Gasteiger partial charge in [0.05, 0.1) is 0 Å². The first-order chi connectivity index (χ1) is 23.2. The number of ether oxygens (including phenoxy) is 1. The van der Waals surface area contributed by atoms with Gasteiger partial charge in [0, 0.05) is 32.5 Å². The Morgan fingerprint density at radius 1 is 0.780 bits per heavy atom. The minimum absolute atomic E-state index is 0.0488. The van der Waals surface area contributed by atoms with Crippen LogP contribution >= 0.6 is 0 Å². The molecule has 9 nitrogen and oxygen atoms in total. The van der Waals surface area contributed by atoms with E-state index in [1.165, 1.54) is 25.1 Å². The van der Waals surface area contributed by atoms with Crippen LogP contribution in [0.4, 0.5) is 18.0 Å².